The minimum Gasteiger partial charge on any atom is -0.375 e. The average Bonchev–Trinajstić information content (AvgIpc) is 3.33. The van der Waals surface area contributed by atoms with Gasteiger partial charge in [-0.1, -0.05) is 13.3 Å². The number of halogens is 3. The molecule has 0 bridgehead atoms. The quantitative estimate of drug-likeness (QED) is 0.557. The Morgan fingerprint density at radius 1 is 1.12 bits per heavy atom. The summed E-state index contributed by atoms with van der Waals surface area (Å²) in [5, 5.41) is 4.80. The second-order valence-corrected chi connectivity index (χ2v) is 8.03. The molecule has 1 aliphatic rings. The highest BCUT2D eigenvalue weighted by molar-refractivity contribution is 6.05. The van der Waals surface area contributed by atoms with E-state index in [0.717, 1.165) is 43.6 Å². The Morgan fingerprint density at radius 3 is 2.45 bits per heavy atom. The highest BCUT2D eigenvalue weighted by atomic mass is 19.4. The summed E-state index contributed by atoms with van der Waals surface area (Å²) in [6, 6.07) is 9.96. The number of ether oxygens (including phenoxy) is 1. The van der Waals surface area contributed by atoms with Crippen LogP contribution in [0.25, 0.3) is 0 Å². The minimum atomic E-state index is -4.72. The van der Waals surface area contributed by atoms with Crippen molar-refractivity contribution in [3.63, 3.8) is 0 Å². The molecule has 0 aliphatic carbocycles. The summed E-state index contributed by atoms with van der Waals surface area (Å²) in [6.07, 6.45) is -2.04. The molecule has 2 N–H and O–H groups in total. The highest BCUT2D eigenvalue weighted by Gasteiger charge is 2.35. The van der Waals surface area contributed by atoms with Crippen LogP contribution in [-0.4, -0.2) is 38.1 Å². The lowest BCUT2D eigenvalue weighted by atomic mass is 10.1. The lowest BCUT2D eigenvalue weighted by Crippen LogP contribution is -2.27. The molecule has 0 saturated carbocycles. The minimum absolute atomic E-state index is 0.0136. The van der Waals surface area contributed by atoms with Gasteiger partial charge in [-0.15, -0.1) is 0 Å². The summed E-state index contributed by atoms with van der Waals surface area (Å²) >= 11 is 0. The summed E-state index contributed by atoms with van der Waals surface area (Å²) in [4.78, 5) is 26.8. The van der Waals surface area contributed by atoms with E-state index in [4.69, 9.17) is 4.74 Å². The van der Waals surface area contributed by atoms with Crippen LogP contribution in [0.5, 0.6) is 0 Å². The zero-order valence-electron chi connectivity index (χ0n) is 18.7. The molecule has 3 rings (SSSR count). The largest absolute Gasteiger partial charge is 0.418 e. The number of alkyl halides is 3. The van der Waals surface area contributed by atoms with Gasteiger partial charge in [-0.05, 0) is 61.7 Å². The van der Waals surface area contributed by atoms with E-state index in [1.165, 1.54) is 6.07 Å². The molecule has 0 spiro atoms. The molecule has 0 aromatic heterocycles. The van der Waals surface area contributed by atoms with E-state index >= 15 is 0 Å². The van der Waals surface area contributed by atoms with Crippen LogP contribution in [0.1, 0.15) is 48.5 Å². The van der Waals surface area contributed by atoms with E-state index in [9.17, 15) is 22.8 Å². The van der Waals surface area contributed by atoms with Gasteiger partial charge in [-0.2, -0.15) is 13.2 Å². The third-order valence-corrected chi connectivity index (χ3v) is 5.48. The predicted octanol–water partition coefficient (Wildman–Crippen LogP) is 5.31. The molecule has 33 heavy (non-hydrogen) atoms. The average molecular weight is 464 g/mol. The monoisotopic (exact) mass is 463 g/mol. The fourth-order valence-corrected chi connectivity index (χ4v) is 3.56. The molecule has 1 aliphatic heterocycles. The smallest absolute Gasteiger partial charge is 0.375 e. The van der Waals surface area contributed by atoms with E-state index < -0.39 is 29.7 Å². The van der Waals surface area contributed by atoms with E-state index in [-0.39, 0.29) is 16.9 Å². The Bertz CT molecular complexity index is 971. The van der Waals surface area contributed by atoms with Crippen LogP contribution in [-0.2, 0) is 15.7 Å². The lowest BCUT2D eigenvalue weighted by Gasteiger charge is -2.19. The standard InChI is InChI=1S/C24H28F3N3O3/c1-3-4-13-30(2)18-10-7-16(8-11-18)22(31)29-20-12-9-17(15-19(20)24(25,26)27)28-23(32)21-6-5-14-33-21/h7-12,15,21H,3-6,13-14H2,1-2H3,(H,28,32)(H,29,31). The summed E-state index contributed by atoms with van der Waals surface area (Å²) < 4.78 is 46.3. The number of unbranched alkanes of at least 4 members (excludes halogenated alkanes) is 1. The molecule has 9 heteroatoms. The van der Waals surface area contributed by atoms with Gasteiger partial charge in [0.2, 0.25) is 0 Å². The molecule has 1 unspecified atom stereocenters. The number of hydrogen-bond donors (Lipinski definition) is 2. The first kappa shape index (κ1) is 24.6. The van der Waals surface area contributed by atoms with Crippen molar-refractivity contribution < 1.29 is 27.5 Å². The molecule has 2 amide bonds. The normalized spacial score (nSPS) is 15.8. The Hall–Kier alpha value is -3.07. The third kappa shape index (κ3) is 6.47. The second-order valence-electron chi connectivity index (χ2n) is 8.03. The zero-order valence-corrected chi connectivity index (χ0v) is 18.7. The van der Waals surface area contributed by atoms with Gasteiger partial charge in [0.25, 0.3) is 11.8 Å². The fourth-order valence-electron chi connectivity index (χ4n) is 3.56. The summed E-state index contributed by atoms with van der Waals surface area (Å²) in [6.45, 7) is 3.42. The summed E-state index contributed by atoms with van der Waals surface area (Å²) in [5.41, 5.74) is -0.280. The highest BCUT2D eigenvalue weighted by Crippen LogP contribution is 2.37. The van der Waals surface area contributed by atoms with Crippen LogP contribution in [0.2, 0.25) is 0 Å². The molecule has 2 aromatic rings. The topological polar surface area (TPSA) is 70.7 Å². The van der Waals surface area contributed by atoms with Gasteiger partial charge in [0.05, 0.1) is 11.3 Å². The van der Waals surface area contributed by atoms with Crippen molar-refractivity contribution in [3.05, 3.63) is 53.6 Å². The predicted molar refractivity (Wildman–Crippen MR) is 122 cm³/mol. The van der Waals surface area contributed by atoms with Crippen LogP contribution < -0.4 is 15.5 Å². The molecular formula is C24H28F3N3O3. The third-order valence-electron chi connectivity index (χ3n) is 5.48. The Kier molecular flexibility index (Phi) is 7.97. The molecule has 178 valence electrons. The van der Waals surface area contributed by atoms with E-state index in [0.29, 0.717) is 13.0 Å². The number of nitrogens with one attached hydrogen (secondary N) is 2. The number of anilines is 3. The number of carbonyl (C=O) groups is 2. The van der Waals surface area contributed by atoms with E-state index in [1.54, 1.807) is 24.3 Å². The van der Waals surface area contributed by atoms with E-state index in [2.05, 4.69) is 22.5 Å². The number of benzene rings is 2. The van der Waals surface area contributed by atoms with Gasteiger partial charge in [0.1, 0.15) is 6.10 Å². The maximum atomic E-state index is 13.7. The van der Waals surface area contributed by atoms with E-state index in [1.807, 2.05) is 7.05 Å². The van der Waals surface area contributed by atoms with Gasteiger partial charge in [-0.25, -0.2) is 0 Å². The van der Waals surface area contributed by atoms with Gasteiger partial charge in [0.15, 0.2) is 0 Å². The number of amides is 2. The number of carbonyl (C=O) groups excluding carboxylic acids is 2. The Labute approximate surface area is 191 Å². The fraction of sp³-hybridized carbons (Fsp3) is 0.417. The Morgan fingerprint density at radius 2 is 1.85 bits per heavy atom. The molecule has 2 aromatic carbocycles. The summed E-state index contributed by atoms with van der Waals surface area (Å²) in [7, 11) is 1.94. The van der Waals surface area contributed by atoms with Crippen LogP contribution in [0.4, 0.5) is 30.2 Å². The maximum absolute atomic E-state index is 13.7. The first-order valence-electron chi connectivity index (χ1n) is 11.0. The Balaban J connectivity index is 1.73. The zero-order chi connectivity index (χ0) is 24.0. The SMILES string of the molecule is CCCCN(C)c1ccc(C(=O)Nc2ccc(NC(=O)C3CCCO3)cc2C(F)(F)F)cc1. The molecule has 1 heterocycles. The first-order chi connectivity index (χ1) is 15.7. The lowest BCUT2D eigenvalue weighted by molar-refractivity contribution is -0.137. The molecule has 1 fully saturated rings. The molecule has 6 nitrogen and oxygen atoms in total. The van der Waals surface area contributed by atoms with Crippen LogP contribution in [0.3, 0.4) is 0 Å². The number of rotatable bonds is 8. The van der Waals surface area contributed by atoms with Crippen LogP contribution in [0.15, 0.2) is 42.5 Å². The van der Waals surface area contributed by atoms with Crippen molar-refractivity contribution in [2.45, 2.75) is 44.9 Å². The molecule has 1 saturated heterocycles. The molecular weight excluding hydrogens is 435 g/mol. The van der Waals surface area contributed by atoms with Crippen molar-refractivity contribution in [1.82, 2.24) is 0 Å². The second kappa shape index (κ2) is 10.7. The van der Waals surface area contributed by atoms with Crippen LogP contribution in [0, 0.1) is 0 Å². The van der Waals surface area contributed by atoms with Crippen molar-refractivity contribution in [3.8, 4) is 0 Å². The molecule has 0 radical (unpaired) electrons. The number of hydrogen-bond acceptors (Lipinski definition) is 4. The van der Waals surface area contributed by atoms with Gasteiger partial charge in [-0.3, -0.25) is 9.59 Å². The summed E-state index contributed by atoms with van der Waals surface area (Å²) in [5.74, 6) is -1.14. The van der Waals surface area contributed by atoms with Crippen molar-refractivity contribution in [1.29, 1.82) is 0 Å². The van der Waals surface area contributed by atoms with Crippen molar-refractivity contribution in [2.75, 3.05) is 35.7 Å². The molecule has 1 atom stereocenters. The number of nitrogens with zero attached hydrogens (tertiary/aromatic N) is 1. The van der Waals surface area contributed by atoms with Gasteiger partial charge in [0, 0.05) is 37.1 Å². The van der Waals surface area contributed by atoms with Crippen molar-refractivity contribution in [2.24, 2.45) is 0 Å². The van der Waals surface area contributed by atoms with Gasteiger partial charge < -0.3 is 20.3 Å². The van der Waals surface area contributed by atoms with Gasteiger partial charge >= 0.3 is 6.18 Å². The van der Waals surface area contributed by atoms with Crippen LogP contribution >= 0.6 is 0 Å². The maximum Gasteiger partial charge on any atom is 0.418 e. The van der Waals surface area contributed by atoms with Crippen molar-refractivity contribution >= 4 is 28.9 Å². The first-order valence-corrected chi connectivity index (χ1v) is 11.0.